The van der Waals surface area contributed by atoms with E-state index in [1.165, 1.54) is 11.1 Å². The molecule has 0 amide bonds. The Bertz CT molecular complexity index is 461. The number of hydrogen-bond acceptors (Lipinski definition) is 0. The molecule has 0 unspecified atom stereocenters. The Labute approximate surface area is 105 Å². The fraction of sp³-hybridized carbons (Fsp3) is 0.412. The van der Waals surface area contributed by atoms with E-state index < -0.39 is 0 Å². The van der Waals surface area contributed by atoms with Gasteiger partial charge in [-0.25, -0.2) is 0 Å². The third-order valence-electron chi connectivity index (χ3n) is 4.38. The molecule has 0 N–H and O–H groups in total. The first kappa shape index (κ1) is 12.0. The Hall–Kier alpha value is -1.48. The zero-order chi connectivity index (χ0) is 12.5. The molecule has 2 aliphatic rings. The van der Waals surface area contributed by atoms with Gasteiger partial charge < -0.3 is 0 Å². The highest BCUT2D eigenvalue weighted by atomic mass is 14.5. The van der Waals surface area contributed by atoms with Crippen LogP contribution in [0.4, 0.5) is 0 Å². The maximum absolute atomic E-state index is 5.57. The van der Waals surface area contributed by atoms with E-state index in [1.54, 1.807) is 0 Å². The van der Waals surface area contributed by atoms with Crippen LogP contribution >= 0.6 is 0 Å². The van der Waals surface area contributed by atoms with Crippen LogP contribution < -0.4 is 0 Å². The van der Waals surface area contributed by atoms with Gasteiger partial charge in [0.25, 0.3) is 0 Å². The number of allylic oxidation sites excluding steroid dienone is 8. The summed E-state index contributed by atoms with van der Waals surface area (Å²) in [6.45, 7) is 6.83. The van der Waals surface area contributed by atoms with Crippen molar-refractivity contribution < 1.29 is 0 Å². The lowest BCUT2D eigenvalue weighted by molar-refractivity contribution is 0.232. The molecule has 0 atom stereocenters. The van der Waals surface area contributed by atoms with Crippen molar-refractivity contribution in [3.8, 4) is 12.3 Å². The van der Waals surface area contributed by atoms with E-state index in [2.05, 4.69) is 63.1 Å². The Kier molecular flexibility index (Phi) is 2.87. The van der Waals surface area contributed by atoms with Crippen LogP contribution in [0.1, 0.15) is 33.6 Å². The molecule has 0 saturated heterocycles. The second-order valence-corrected chi connectivity index (χ2v) is 5.53. The average molecular weight is 224 g/mol. The lowest BCUT2D eigenvalue weighted by atomic mass is 9.60. The van der Waals surface area contributed by atoms with Gasteiger partial charge in [-0.3, -0.25) is 0 Å². The summed E-state index contributed by atoms with van der Waals surface area (Å²) in [5.74, 6) is 2.85. The van der Waals surface area contributed by atoms with Crippen molar-refractivity contribution >= 4 is 0 Å². The van der Waals surface area contributed by atoms with Crippen LogP contribution in [0.15, 0.2) is 47.6 Å². The molecule has 0 bridgehead atoms. The van der Waals surface area contributed by atoms with Crippen LogP contribution in [0, 0.1) is 23.2 Å². The summed E-state index contributed by atoms with van der Waals surface area (Å²) in [4.78, 5) is 0. The van der Waals surface area contributed by atoms with Crippen molar-refractivity contribution in [2.75, 3.05) is 0 Å². The normalized spacial score (nSPS) is 21.3. The summed E-state index contributed by atoms with van der Waals surface area (Å²) in [6.07, 6.45) is 20.7. The summed E-state index contributed by atoms with van der Waals surface area (Å²) < 4.78 is 0. The fourth-order valence-corrected chi connectivity index (χ4v) is 3.08. The third-order valence-corrected chi connectivity index (χ3v) is 4.38. The quantitative estimate of drug-likeness (QED) is 0.622. The molecule has 0 heterocycles. The molecular formula is C17H20. The zero-order valence-corrected chi connectivity index (χ0v) is 11.0. The van der Waals surface area contributed by atoms with Crippen molar-refractivity contribution in [2.45, 2.75) is 33.6 Å². The molecule has 2 aliphatic carbocycles. The minimum atomic E-state index is -0.00956. The van der Waals surface area contributed by atoms with Crippen LogP contribution in [0.5, 0.6) is 0 Å². The van der Waals surface area contributed by atoms with E-state index in [0.717, 1.165) is 12.8 Å². The Balaban J connectivity index is 2.44. The molecule has 0 saturated carbocycles. The topological polar surface area (TPSA) is 0 Å². The van der Waals surface area contributed by atoms with E-state index in [0.29, 0.717) is 0 Å². The summed E-state index contributed by atoms with van der Waals surface area (Å²) in [7, 11) is 0. The number of hydrogen-bond donors (Lipinski definition) is 0. The van der Waals surface area contributed by atoms with Crippen LogP contribution in [0.2, 0.25) is 0 Å². The van der Waals surface area contributed by atoms with Crippen LogP contribution in [-0.2, 0) is 0 Å². The molecule has 0 heteroatoms. The molecule has 0 fully saturated rings. The second-order valence-electron chi connectivity index (χ2n) is 5.53. The second kappa shape index (κ2) is 4.08. The largest absolute Gasteiger partial charge is 0.120 e. The van der Waals surface area contributed by atoms with E-state index in [-0.39, 0.29) is 10.8 Å². The zero-order valence-electron chi connectivity index (χ0n) is 11.0. The van der Waals surface area contributed by atoms with Crippen molar-refractivity contribution in [3.63, 3.8) is 0 Å². The summed E-state index contributed by atoms with van der Waals surface area (Å²) in [6, 6.07) is 0. The van der Waals surface area contributed by atoms with Gasteiger partial charge in [0.2, 0.25) is 0 Å². The van der Waals surface area contributed by atoms with Crippen molar-refractivity contribution in [1.82, 2.24) is 0 Å². The van der Waals surface area contributed by atoms with Gasteiger partial charge in [0.15, 0.2) is 0 Å². The van der Waals surface area contributed by atoms with Gasteiger partial charge in [0.05, 0.1) is 0 Å². The molecule has 0 nitrogen and oxygen atoms in total. The van der Waals surface area contributed by atoms with Gasteiger partial charge in [-0.05, 0) is 18.8 Å². The average Bonchev–Trinajstić information content (AvgIpc) is 2.88. The molecule has 0 aromatic heterocycles. The lowest BCUT2D eigenvalue weighted by Gasteiger charge is -2.43. The first-order valence-corrected chi connectivity index (χ1v) is 6.21. The SMILES string of the molecule is C#CCC1(C(C)(C)C2=C(C)C=CC2)C=CC=C1. The number of rotatable bonds is 3. The van der Waals surface area contributed by atoms with Gasteiger partial charge >= 0.3 is 0 Å². The summed E-state index contributed by atoms with van der Waals surface area (Å²) in [5.41, 5.74) is 2.99. The smallest absolute Gasteiger partial charge is 0.0265 e. The highest BCUT2D eigenvalue weighted by molar-refractivity contribution is 5.42. The molecule has 0 aromatic carbocycles. The Morgan fingerprint density at radius 2 is 2.00 bits per heavy atom. The molecule has 17 heavy (non-hydrogen) atoms. The highest BCUT2D eigenvalue weighted by Crippen LogP contribution is 2.53. The molecule has 2 rings (SSSR count). The maximum Gasteiger partial charge on any atom is 0.0265 e. The van der Waals surface area contributed by atoms with Gasteiger partial charge in [0.1, 0.15) is 0 Å². The van der Waals surface area contributed by atoms with Gasteiger partial charge in [-0.1, -0.05) is 61.4 Å². The summed E-state index contributed by atoms with van der Waals surface area (Å²) in [5, 5.41) is 0. The number of terminal acetylenes is 1. The van der Waals surface area contributed by atoms with Crippen molar-refractivity contribution in [3.05, 3.63) is 47.6 Å². The van der Waals surface area contributed by atoms with Gasteiger partial charge in [-0.15, -0.1) is 12.3 Å². The Morgan fingerprint density at radius 3 is 2.47 bits per heavy atom. The van der Waals surface area contributed by atoms with Crippen LogP contribution in [0.3, 0.4) is 0 Å². The first-order valence-electron chi connectivity index (χ1n) is 6.21. The van der Waals surface area contributed by atoms with E-state index in [4.69, 9.17) is 6.42 Å². The monoisotopic (exact) mass is 224 g/mol. The fourth-order valence-electron chi connectivity index (χ4n) is 3.08. The minimum Gasteiger partial charge on any atom is -0.120 e. The molecule has 0 aromatic rings. The summed E-state index contributed by atoms with van der Waals surface area (Å²) >= 11 is 0. The van der Waals surface area contributed by atoms with Gasteiger partial charge in [-0.2, -0.15) is 0 Å². The van der Waals surface area contributed by atoms with E-state index in [1.807, 2.05) is 0 Å². The minimum absolute atomic E-state index is 0.00956. The molecular weight excluding hydrogens is 204 g/mol. The van der Waals surface area contributed by atoms with Crippen molar-refractivity contribution in [2.24, 2.45) is 10.8 Å². The molecule has 0 aliphatic heterocycles. The molecule has 0 radical (unpaired) electrons. The molecule has 0 spiro atoms. The predicted octanol–water partition coefficient (Wildman–Crippen LogP) is 4.42. The lowest BCUT2D eigenvalue weighted by Crippen LogP contribution is -2.35. The van der Waals surface area contributed by atoms with Crippen LogP contribution in [0.25, 0.3) is 0 Å². The Morgan fingerprint density at radius 1 is 1.35 bits per heavy atom. The van der Waals surface area contributed by atoms with E-state index in [9.17, 15) is 0 Å². The van der Waals surface area contributed by atoms with Crippen molar-refractivity contribution in [1.29, 1.82) is 0 Å². The van der Waals surface area contributed by atoms with E-state index >= 15 is 0 Å². The molecule has 88 valence electrons. The first-order chi connectivity index (χ1) is 8.03. The highest BCUT2D eigenvalue weighted by Gasteiger charge is 2.44. The maximum atomic E-state index is 5.57. The van der Waals surface area contributed by atoms with Crippen LogP contribution in [-0.4, -0.2) is 0 Å². The predicted molar refractivity (Wildman–Crippen MR) is 74.4 cm³/mol. The van der Waals surface area contributed by atoms with Gasteiger partial charge in [0, 0.05) is 11.8 Å². The third kappa shape index (κ3) is 1.71. The standard InChI is InChI=1S/C17H20/c1-5-11-17(12-6-7-13-17)16(3,4)15-10-8-9-14(15)2/h1,6-9,12-13H,10-11H2,2-4H3.